The molecule has 2 heteroatoms. The average Bonchev–Trinajstić information content (AvgIpc) is 3.21. The second kappa shape index (κ2) is 7.26. The zero-order valence-electron chi connectivity index (χ0n) is 14.3. The Morgan fingerprint density at radius 1 is 1.15 bits per heavy atom. The zero-order valence-corrected chi connectivity index (χ0v) is 14.3. The Labute approximate surface area is 126 Å². The van der Waals surface area contributed by atoms with Crippen LogP contribution in [-0.2, 0) is 0 Å². The molecule has 3 atom stereocenters. The van der Waals surface area contributed by atoms with Crippen LogP contribution in [-0.4, -0.2) is 37.1 Å². The second-order valence-corrected chi connectivity index (χ2v) is 7.96. The van der Waals surface area contributed by atoms with Crippen LogP contribution in [0.2, 0.25) is 0 Å². The number of hydrogen-bond acceptors (Lipinski definition) is 2. The maximum atomic E-state index is 3.77. The molecule has 0 heterocycles. The number of rotatable bonds is 8. The van der Waals surface area contributed by atoms with Crippen LogP contribution in [0.4, 0.5) is 0 Å². The van der Waals surface area contributed by atoms with Crippen molar-refractivity contribution >= 4 is 0 Å². The van der Waals surface area contributed by atoms with E-state index < -0.39 is 0 Å². The molecule has 2 aliphatic rings. The van der Waals surface area contributed by atoms with Crippen LogP contribution in [0.1, 0.15) is 72.1 Å². The van der Waals surface area contributed by atoms with Gasteiger partial charge in [-0.05, 0) is 50.5 Å². The van der Waals surface area contributed by atoms with Crippen molar-refractivity contribution in [3.05, 3.63) is 0 Å². The molecule has 0 amide bonds. The molecule has 0 radical (unpaired) electrons. The van der Waals surface area contributed by atoms with Crippen molar-refractivity contribution in [1.29, 1.82) is 0 Å². The van der Waals surface area contributed by atoms with E-state index in [0.717, 1.165) is 18.0 Å². The largest absolute Gasteiger partial charge is 0.313 e. The van der Waals surface area contributed by atoms with Gasteiger partial charge in [0.1, 0.15) is 0 Å². The molecule has 2 aliphatic carbocycles. The zero-order chi connectivity index (χ0) is 14.6. The van der Waals surface area contributed by atoms with Gasteiger partial charge in [0, 0.05) is 25.2 Å². The predicted molar refractivity (Wildman–Crippen MR) is 88.1 cm³/mol. The first-order chi connectivity index (χ1) is 9.54. The van der Waals surface area contributed by atoms with E-state index in [0.29, 0.717) is 5.41 Å². The maximum absolute atomic E-state index is 3.77. The highest BCUT2D eigenvalue weighted by atomic mass is 15.1. The van der Waals surface area contributed by atoms with Crippen molar-refractivity contribution in [2.45, 2.75) is 84.2 Å². The minimum atomic E-state index is 0.448. The van der Waals surface area contributed by atoms with Crippen molar-refractivity contribution in [3.8, 4) is 0 Å². The minimum absolute atomic E-state index is 0.448. The topological polar surface area (TPSA) is 15.3 Å². The van der Waals surface area contributed by atoms with Crippen molar-refractivity contribution in [1.82, 2.24) is 10.2 Å². The first-order valence-electron chi connectivity index (χ1n) is 8.98. The lowest BCUT2D eigenvalue weighted by atomic mass is 9.81. The molecule has 118 valence electrons. The van der Waals surface area contributed by atoms with Gasteiger partial charge in [0.15, 0.2) is 0 Å². The summed E-state index contributed by atoms with van der Waals surface area (Å²) in [5, 5.41) is 3.77. The second-order valence-electron chi connectivity index (χ2n) is 7.96. The summed E-state index contributed by atoms with van der Waals surface area (Å²) in [4.78, 5) is 2.69. The summed E-state index contributed by atoms with van der Waals surface area (Å²) in [7, 11) is 2.37. The summed E-state index contributed by atoms with van der Waals surface area (Å²) < 4.78 is 0. The predicted octanol–water partition coefficient (Wildman–Crippen LogP) is 4.06. The summed E-state index contributed by atoms with van der Waals surface area (Å²) in [5.74, 6) is 0.885. The molecule has 2 saturated carbocycles. The standard InChI is InChI=1S/C18H36N2/c1-5-12-18(3,13-19-16-10-11-16)14-20(4)17-9-7-6-8-15(17)2/h15-17,19H,5-14H2,1-4H3. The summed E-state index contributed by atoms with van der Waals surface area (Å²) in [6.45, 7) is 9.75. The molecule has 0 aromatic rings. The van der Waals surface area contributed by atoms with E-state index in [1.54, 1.807) is 0 Å². The Bertz CT molecular complexity index is 287. The van der Waals surface area contributed by atoms with E-state index in [1.807, 2.05) is 0 Å². The highest BCUT2D eigenvalue weighted by Gasteiger charge is 2.32. The molecule has 0 aliphatic heterocycles. The van der Waals surface area contributed by atoms with Gasteiger partial charge in [0.05, 0.1) is 0 Å². The van der Waals surface area contributed by atoms with Gasteiger partial charge < -0.3 is 10.2 Å². The highest BCUT2D eigenvalue weighted by molar-refractivity contribution is 4.89. The van der Waals surface area contributed by atoms with Crippen LogP contribution < -0.4 is 5.32 Å². The van der Waals surface area contributed by atoms with Crippen molar-refractivity contribution in [2.75, 3.05) is 20.1 Å². The van der Waals surface area contributed by atoms with Crippen LogP contribution >= 0.6 is 0 Å². The number of nitrogens with one attached hydrogen (secondary N) is 1. The molecule has 2 rings (SSSR count). The monoisotopic (exact) mass is 280 g/mol. The summed E-state index contributed by atoms with van der Waals surface area (Å²) in [6.07, 6.45) is 11.2. The van der Waals surface area contributed by atoms with Crippen molar-refractivity contribution in [3.63, 3.8) is 0 Å². The lowest BCUT2D eigenvalue weighted by Gasteiger charge is -2.42. The van der Waals surface area contributed by atoms with Gasteiger partial charge in [0.25, 0.3) is 0 Å². The first-order valence-corrected chi connectivity index (χ1v) is 8.98. The van der Waals surface area contributed by atoms with E-state index in [9.17, 15) is 0 Å². The van der Waals surface area contributed by atoms with Crippen molar-refractivity contribution in [2.24, 2.45) is 11.3 Å². The molecule has 0 spiro atoms. The van der Waals surface area contributed by atoms with Gasteiger partial charge in [-0.25, -0.2) is 0 Å². The minimum Gasteiger partial charge on any atom is -0.313 e. The van der Waals surface area contributed by atoms with Crippen LogP contribution in [0, 0.1) is 11.3 Å². The first kappa shape index (κ1) is 16.3. The van der Waals surface area contributed by atoms with E-state index >= 15 is 0 Å². The summed E-state index contributed by atoms with van der Waals surface area (Å²) in [5.41, 5.74) is 0.448. The third kappa shape index (κ3) is 4.73. The van der Waals surface area contributed by atoms with Crippen LogP contribution in [0.15, 0.2) is 0 Å². The Balaban J connectivity index is 1.87. The lowest BCUT2D eigenvalue weighted by molar-refractivity contribution is 0.0848. The molecular weight excluding hydrogens is 244 g/mol. The van der Waals surface area contributed by atoms with Crippen LogP contribution in [0.25, 0.3) is 0 Å². The number of nitrogens with zero attached hydrogens (tertiary/aromatic N) is 1. The fraction of sp³-hybridized carbons (Fsp3) is 1.00. The third-order valence-electron chi connectivity index (χ3n) is 5.51. The lowest BCUT2D eigenvalue weighted by Crippen LogP contribution is -2.47. The Hall–Kier alpha value is -0.0800. The summed E-state index contributed by atoms with van der Waals surface area (Å²) in [6, 6.07) is 1.66. The van der Waals surface area contributed by atoms with Gasteiger partial charge in [-0.1, -0.05) is 40.0 Å². The molecule has 3 unspecified atom stereocenters. The molecule has 20 heavy (non-hydrogen) atoms. The molecule has 1 N–H and O–H groups in total. The number of hydrogen-bond donors (Lipinski definition) is 1. The van der Waals surface area contributed by atoms with E-state index in [-0.39, 0.29) is 0 Å². The van der Waals surface area contributed by atoms with E-state index in [1.165, 1.54) is 64.5 Å². The van der Waals surface area contributed by atoms with E-state index in [2.05, 4.69) is 38.0 Å². The van der Waals surface area contributed by atoms with Gasteiger partial charge in [-0.3, -0.25) is 0 Å². The third-order valence-corrected chi connectivity index (χ3v) is 5.51. The Morgan fingerprint density at radius 3 is 2.45 bits per heavy atom. The van der Waals surface area contributed by atoms with E-state index in [4.69, 9.17) is 0 Å². The normalized spacial score (nSPS) is 30.4. The molecule has 2 nitrogen and oxygen atoms in total. The molecule has 0 bridgehead atoms. The van der Waals surface area contributed by atoms with Crippen LogP contribution in [0.3, 0.4) is 0 Å². The van der Waals surface area contributed by atoms with Gasteiger partial charge in [0.2, 0.25) is 0 Å². The van der Waals surface area contributed by atoms with Gasteiger partial charge >= 0.3 is 0 Å². The molecule has 2 fully saturated rings. The van der Waals surface area contributed by atoms with Gasteiger partial charge in [-0.15, -0.1) is 0 Å². The highest BCUT2D eigenvalue weighted by Crippen LogP contribution is 2.32. The Kier molecular flexibility index (Phi) is 5.92. The van der Waals surface area contributed by atoms with Crippen LogP contribution in [0.5, 0.6) is 0 Å². The smallest absolute Gasteiger partial charge is 0.0118 e. The molecule has 0 aromatic carbocycles. The SMILES string of the molecule is CCCC(C)(CNC1CC1)CN(C)C1CCCCC1C. The molecule has 0 aromatic heterocycles. The van der Waals surface area contributed by atoms with Crippen molar-refractivity contribution < 1.29 is 0 Å². The maximum Gasteiger partial charge on any atom is 0.0118 e. The fourth-order valence-corrected chi connectivity index (χ4v) is 4.18. The average molecular weight is 280 g/mol. The summed E-state index contributed by atoms with van der Waals surface area (Å²) >= 11 is 0. The molecule has 0 saturated heterocycles. The molecular formula is C18H36N2. The van der Waals surface area contributed by atoms with Gasteiger partial charge in [-0.2, -0.15) is 0 Å². The quantitative estimate of drug-likeness (QED) is 0.721. The fourth-order valence-electron chi connectivity index (χ4n) is 4.18. The Morgan fingerprint density at radius 2 is 1.85 bits per heavy atom.